The van der Waals surface area contributed by atoms with E-state index in [1.165, 1.54) is 210 Å². The molecule has 0 saturated heterocycles. The van der Waals surface area contributed by atoms with Crippen LogP contribution in [0.15, 0.2) is 0 Å². The van der Waals surface area contributed by atoms with E-state index in [4.69, 9.17) is 0 Å². The van der Waals surface area contributed by atoms with E-state index < -0.39 is 0 Å². The van der Waals surface area contributed by atoms with Crippen molar-refractivity contribution in [2.24, 2.45) is 0 Å². The average Bonchev–Trinajstić information content (AvgIpc) is 2.93. The molecule has 1 unspecified atom stereocenters. The minimum Gasteiger partial charge on any atom is -1.00 e. The summed E-state index contributed by atoms with van der Waals surface area (Å²) in [5.41, 5.74) is 0. The van der Waals surface area contributed by atoms with Crippen LogP contribution in [0, 0.1) is 0 Å². The van der Waals surface area contributed by atoms with Gasteiger partial charge in [0.15, 0.2) is 0 Å². The van der Waals surface area contributed by atoms with Crippen LogP contribution in [0.4, 0.5) is 0 Å². The Morgan fingerprint density at radius 3 is 0.675 bits per heavy atom. The molecule has 0 rings (SSSR count). The normalized spacial score (nSPS) is 13.1. The van der Waals surface area contributed by atoms with Crippen LogP contribution in [0.2, 0.25) is 0 Å². The zero-order chi connectivity index (χ0) is 28.7. The van der Waals surface area contributed by atoms with Gasteiger partial charge in [0.05, 0.1) is 26.2 Å². The second-order valence-electron chi connectivity index (χ2n) is 13.9. The molecular weight excluding hydrogens is 506 g/mol. The van der Waals surface area contributed by atoms with Crippen molar-refractivity contribution in [1.82, 2.24) is 0 Å². The lowest BCUT2D eigenvalue weighted by molar-refractivity contribution is -0.930. The smallest absolute Gasteiger partial charge is 0.0831 e. The van der Waals surface area contributed by atoms with E-state index in [1.54, 1.807) is 0 Å². The average molecular weight is 587 g/mol. The first kappa shape index (κ1) is 42.4. The molecule has 0 heterocycles. The molecule has 0 aliphatic rings. The molecule has 0 aliphatic carbocycles. The van der Waals surface area contributed by atoms with E-state index in [2.05, 4.69) is 34.7 Å². The third kappa shape index (κ3) is 29.7. The summed E-state index contributed by atoms with van der Waals surface area (Å²) < 4.78 is 1.30. The first-order valence-electron chi connectivity index (χ1n) is 18.9. The third-order valence-electron chi connectivity index (χ3n) is 9.79. The van der Waals surface area contributed by atoms with Crippen molar-refractivity contribution < 1.29 is 16.9 Å². The van der Waals surface area contributed by atoms with Gasteiger partial charge in [0.2, 0.25) is 0 Å². The van der Waals surface area contributed by atoms with Crippen LogP contribution < -0.4 is 12.4 Å². The van der Waals surface area contributed by atoms with E-state index in [0.29, 0.717) is 0 Å². The Bertz CT molecular complexity index is 451. The highest BCUT2D eigenvalue weighted by Crippen LogP contribution is 2.19. The van der Waals surface area contributed by atoms with Crippen molar-refractivity contribution >= 4 is 0 Å². The number of quaternary nitrogens is 1. The predicted molar refractivity (Wildman–Crippen MR) is 181 cm³/mol. The van der Waals surface area contributed by atoms with Gasteiger partial charge in [-0.1, -0.05) is 181 Å². The SMILES string of the molecule is CCCCCCCCCCCCCCCCCC[N+](C)(CCCCCCCCCCCCCCCC)C(C)C.[Cl-]. The fourth-order valence-electron chi connectivity index (χ4n) is 6.32. The summed E-state index contributed by atoms with van der Waals surface area (Å²) in [5, 5.41) is 0. The Balaban J connectivity index is 0. The molecule has 0 aliphatic heterocycles. The van der Waals surface area contributed by atoms with Crippen LogP contribution in [0.1, 0.15) is 220 Å². The molecule has 0 aromatic heterocycles. The van der Waals surface area contributed by atoms with Crippen LogP contribution in [-0.4, -0.2) is 30.7 Å². The highest BCUT2D eigenvalue weighted by molar-refractivity contribution is 4.54. The van der Waals surface area contributed by atoms with Gasteiger partial charge in [0.1, 0.15) is 0 Å². The second kappa shape index (κ2) is 33.7. The molecule has 2 heteroatoms. The number of rotatable bonds is 33. The zero-order valence-corrected chi connectivity index (χ0v) is 29.8. The molecular formula is C38H80ClN. The van der Waals surface area contributed by atoms with Gasteiger partial charge in [-0.2, -0.15) is 0 Å². The van der Waals surface area contributed by atoms with Gasteiger partial charge in [-0.05, 0) is 39.5 Å². The summed E-state index contributed by atoms with van der Waals surface area (Å²) in [6.07, 6.45) is 43.9. The van der Waals surface area contributed by atoms with Gasteiger partial charge < -0.3 is 16.9 Å². The lowest BCUT2D eigenvalue weighted by Gasteiger charge is -2.39. The number of unbranched alkanes of at least 4 members (excludes halogenated alkanes) is 28. The molecule has 0 aromatic carbocycles. The Morgan fingerprint density at radius 1 is 0.325 bits per heavy atom. The molecule has 0 amide bonds. The van der Waals surface area contributed by atoms with Crippen molar-refractivity contribution in [2.75, 3.05) is 20.1 Å². The lowest BCUT2D eigenvalue weighted by atomic mass is 10.0. The molecule has 0 saturated carbocycles. The zero-order valence-electron chi connectivity index (χ0n) is 29.0. The number of halogens is 1. The fraction of sp³-hybridized carbons (Fsp3) is 1.00. The standard InChI is InChI=1S/C38H80N.ClH/c1-6-8-10-12-14-16-18-20-22-23-25-27-29-31-33-35-37-39(5,38(3)4)36-34-32-30-28-26-24-21-19-17-15-13-11-9-7-2;/h38H,6-37H2,1-5H3;1H/q+1;/p-1. The minimum atomic E-state index is 0. The summed E-state index contributed by atoms with van der Waals surface area (Å²) in [4.78, 5) is 0. The molecule has 0 radical (unpaired) electrons. The molecule has 0 bridgehead atoms. The topological polar surface area (TPSA) is 0 Å². The van der Waals surface area contributed by atoms with Crippen molar-refractivity contribution in [3.8, 4) is 0 Å². The van der Waals surface area contributed by atoms with E-state index in [1.807, 2.05) is 0 Å². The lowest BCUT2D eigenvalue weighted by Crippen LogP contribution is -3.00. The number of hydrogen-bond acceptors (Lipinski definition) is 0. The molecule has 0 N–H and O–H groups in total. The van der Waals surface area contributed by atoms with Crippen LogP contribution in [-0.2, 0) is 0 Å². The van der Waals surface area contributed by atoms with Gasteiger partial charge in [0.25, 0.3) is 0 Å². The van der Waals surface area contributed by atoms with E-state index in [-0.39, 0.29) is 12.4 Å². The second-order valence-corrected chi connectivity index (χ2v) is 13.9. The third-order valence-corrected chi connectivity index (χ3v) is 9.79. The molecule has 1 nitrogen and oxygen atoms in total. The maximum atomic E-state index is 2.54. The summed E-state index contributed by atoms with van der Waals surface area (Å²) in [7, 11) is 2.54. The molecule has 244 valence electrons. The van der Waals surface area contributed by atoms with Crippen LogP contribution in [0.5, 0.6) is 0 Å². The van der Waals surface area contributed by atoms with Crippen LogP contribution >= 0.6 is 0 Å². The van der Waals surface area contributed by atoms with Crippen molar-refractivity contribution in [1.29, 1.82) is 0 Å². The fourth-order valence-corrected chi connectivity index (χ4v) is 6.32. The van der Waals surface area contributed by atoms with E-state index in [9.17, 15) is 0 Å². The highest BCUT2D eigenvalue weighted by Gasteiger charge is 2.24. The number of hydrogen-bond donors (Lipinski definition) is 0. The van der Waals surface area contributed by atoms with Gasteiger partial charge in [-0.15, -0.1) is 0 Å². The monoisotopic (exact) mass is 586 g/mol. The molecule has 40 heavy (non-hydrogen) atoms. The summed E-state index contributed by atoms with van der Waals surface area (Å²) in [6.45, 7) is 12.3. The van der Waals surface area contributed by atoms with Gasteiger partial charge >= 0.3 is 0 Å². The van der Waals surface area contributed by atoms with Gasteiger partial charge in [-0.25, -0.2) is 0 Å². The van der Waals surface area contributed by atoms with Crippen LogP contribution in [0.3, 0.4) is 0 Å². The summed E-state index contributed by atoms with van der Waals surface area (Å²) in [5.74, 6) is 0. The van der Waals surface area contributed by atoms with E-state index in [0.717, 1.165) is 6.04 Å². The Morgan fingerprint density at radius 2 is 0.500 bits per heavy atom. The maximum absolute atomic E-state index is 2.54. The van der Waals surface area contributed by atoms with Gasteiger partial charge in [-0.3, -0.25) is 0 Å². The molecule has 0 aromatic rings. The van der Waals surface area contributed by atoms with E-state index >= 15 is 0 Å². The Labute approximate surface area is 262 Å². The van der Waals surface area contributed by atoms with Crippen LogP contribution in [0.25, 0.3) is 0 Å². The van der Waals surface area contributed by atoms with Crippen molar-refractivity contribution in [3.63, 3.8) is 0 Å². The van der Waals surface area contributed by atoms with Gasteiger partial charge in [0, 0.05) is 0 Å². The summed E-state index contributed by atoms with van der Waals surface area (Å²) in [6, 6.07) is 0.767. The first-order valence-corrected chi connectivity index (χ1v) is 18.9. The quantitative estimate of drug-likeness (QED) is 0.0530. The van der Waals surface area contributed by atoms with Crippen molar-refractivity contribution in [2.45, 2.75) is 226 Å². The van der Waals surface area contributed by atoms with Crippen molar-refractivity contribution in [3.05, 3.63) is 0 Å². The summed E-state index contributed by atoms with van der Waals surface area (Å²) >= 11 is 0. The minimum absolute atomic E-state index is 0. The number of nitrogens with zero attached hydrogens (tertiary/aromatic N) is 1. The highest BCUT2D eigenvalue weighted by atomic mass is 35.5. The predicted octanol–water partition coefficient (Wildman–Crippen LogP) is 10.6. The molecule has 0 spiro atoms. The Hall–Kier alpha value is 0.250. The Kier molecular flexibility index (Phi) is 35.8. The molecule has 0 fully saturated rings. The maximum Gasteiger partial charge on any atom is 0.0831 e. The largest absolute Gasteiger partial charge is 1.00 e. The molecule has 1 atom stereocenters. The first-order chi connectivity index (χ1) is 19.1.